The van der Waals surface area contributed by atoms with Gasteiger partial charge in [0.1, 0.15) is 5.69 Å². The fourth-order valence-electron chi connectivity index (χ4n) is 2.47. The fraction of sp³-hybridized carbons (Fsp3) is 0.615. The molecule has 3 nitrogen and oxygen atoms in total. The molecule has 0 amide bonds. The second-order valence-corrected chi connectivity index (χ2v) is 4.96. The number of alkyl halides is 3. The van der Waals surface area contributed by atoms with Crippen molar-refractivity contribution < 1.29 is 13.2 Å². The second-order valence-electron chi connectivity index (χ2n) is 4.96. The number of nitrogens with two attached hydrogens (primary N) is 1. The Hall–Kier alpha value is -1.46. The Bertz CT molecular complexity index is 437. The van der Waals surface area contributed by atoms with Crippen molar-refractivity contribution in [3.8, 4) is 0 Å². The van der Waals surface area contributed by atoms with Gasteiger partial charge in [0.15, 0.2) is 0 Å². The first-order chi connectivity index (χ1) is 8.91. The lowest BCUT2D eigenvalue weighted by molar-refractivity contribution is -0.141. The minimum atomic E-state index is -4.43. The van der Waals surface area contributed by atoms with E-state index in [-0.39, 0.29) is 0 Å². The Labute approximate surface area is 110 Å². The molecule has 19 heavy (non-hydrogen) atoms. The summed E-state index contributed by atoms with van der Waals surface area (Å²) in [4.78, 5) is 5.29. The van der Waals surface area contributed by atoms with Gasteiger partial charge in [-0.3, -0.25) is 0 Å². The molecule has 1 saturated heterocycles. The van der Waals surface area contributed by atoms with Gasteiger partial charge in [0, 0.05) is 13.1 Å². The van der Waals surface area contributed by atoms with Crippen LogP contribution >= 0.6 is 0 Å². The van der Waals surface area contributed by atoms with Crippen LogP contribution in [0.3, 0.4) is 0 Å². The summed E-state index contributed by atoms with van der Waals surface area (Å²) in [6.45, 7) is 3.65. The third-order valence-electron chi connectivity index (χ3n) is 3.73. The van der Waals surface area contributed by atoms with Gasteiger partial charge in [-0.25, -0.2) is 4.98 Å². The van der Waals surface area contributed by atoms with Gasteiger partial charge in [-0.05, 0) is 24.8 Å². The Balaban J connectivity index is 2.20. The smallest absolute Gasteiger partial charge is 0.396 e. The van der Waals surface area contributed by atoms with E-state index in [0.29, 0.717) is 17.3 Å². The van der Waals surface area contributed by atoms with Crippen LogP contribution in [0.4, 0.5) is 24.5 Å². The highest BCUT2D eigenvalue weighted by Gasteiger charge is 2.33. The molecular formula is C13H18F3N3. The van der Waals surface area contributed by atoms with Crippen LogP contribution in [-0.4, -0.2) is 18.1 Å². The number of nitrogen functional groups attached to an aromatic ring is 1. The van der Waals surface area contributed by atoms with Gasteiger partial charge in [0.2, 0.25) is 0 Å². The van der Waals surface area contributed by atoms with E-state index in [9.17, 15) is 13.2 Å². The summed E-state index contributed by atoms with van der Waals surface area (Å²) in [6, 6.07) is 1.06. The van der Waals surface area contributed by atoms with Gasteiger partial charge >= 0.3 is 6.18 Å². The first-order valence-corrected chi connectivity index (χ1v) is 6.49. The summed E-state index contributed by atoms with van der Waals surface area (Å²) in [6.07, 6.45) is -0.207. The highest BCUT2D eigenvalue weighted by molar-refractivity contribution is 5.67. The molecule has 2 heterocycles. The summed E-state index contributed by atoms with van der Waals surface area (Å²) >= 11 is 0. The lowest BCUT2D eigenvalue weighted by Gasteiger charge is -2.34. The van der Waals surface area contributed by atoms with E-state index < -0.39 is 11.9 Å². The normalized spacial score (nSPS) is 17.8. The van der Waals surface area contributed by atoms with Crippen molar-refractivity contribution in [1.29, 1.82) is 0 Å². The van der Waals surface area contributed by atoms with Crippen molar-refractivity contribution in [1.82, 2.24) is 4.98 Å². The number of nitrogens with zero attached hydrogens (tertiary/aromatic N) is 2. The van der Waals surface area contributed by atoms with E-state index in [1.165, 1.54) is 0 Å². The largest absolute Gasteiger partial charge is 0.433 e. The van der Waals surface area contributed by atoms with Gasteiger partial charge in [0.25, 0.3) is 0 Å². The number of halogens is 3. The van der Waals surface area contributed by atoms with Crippen molar-refractivity contribution >= 4 is 11.4 Å². The molecule has 0 radical (unpaired) electrons. The predicted octanol–water partition coefficient (Wildman–Crippen LogP) is 3.31. The lowest BCUT2D eigenvalue weighted by Crippen LogP contribution is -2.34. The van der Waals surface area contributed by atoms with Crippen LogP contribution in [0.5, 0.6) is 0 Å². The number of rotatable bonds is 2. The molecule has 1 fully saturated rings. The Morgan fingerprint density at radius 2 is 2.00 bits per heavy atom. The summed E-state index contributed by atoms with van der Waals surface area (Å²) in [7, 11) is 0. The maximum atomic E-state index is 12.7. The molecule has 0 bridgehead atoms. The van der Waals surface area contributed by atoms with E-state index >= 15 is 0 Å². The number of pyridine rings is 1. The van der Waals surface area contributed by atoms with Crippen molar-refractivity contribution in [3.63, 3.8) is 0 Å². The van der Waals surface area contributed by atoms with Crippen LogP contribution in [-0.2, 0) is 6.18 Å². The van der Waals surface area contributed by atoms with Gasteiger partial charge in [-0.2, -0.15) is 13.2 Å². The van der Waals surface area contributed by atoms with E-state index in [2.05, 4.69) is 11.9 Å². The molecule has 0 aromatic carbocycles. The zero-order valence-electron chi connectivity index (χ0n) is 10.9. The second kappa shape index (κ2) is 5.27. The van der Waals surface area contributed by atoms with Gasteiger partial charge in [-0.15, -0.1) is 0 Å². The van der Waals surface area contributed by atoms with Crippen LogP contribution in [0.2, 0.25) is 0 Å². The average Bonchev–Trinajstić information content (AvgIpc) is 2.38. The maximum Gasteiger partial charge on any atom is 0.433 e. The molecule has 2 N–H and O–H groups in total. The quantitative estimate of drug-likeness (QED) is 0.899. The zero-order chi connectivity index (χ0) is 14.0. The van der Waals surface area contributed by atoms with Crippen molar-refractivity contribution in [3.05, 3.63) is 18.0 Å². The van der Waals surface area contributed by atoms with Gasteiger partial charge in [-0.1, -0.05) is 13.3 Å². The Kier molecular flexibility index (Phi) is 3.87. The van der Waals surface area contributed by atoms with Crippen LogP contribution in [0, 0.1) is 5.92 Å². The average molecular weight is 273 g/mol. The topological polar surface area (TPSA) is 42.2 Å². The molecule has 0 atom stereocenters. The van der Waals surface area contributed by atoms with Gasteiger partial charge < -0.3 is 10.6 Å². The standard InChI is InChI=1S/C13H18F3N3/c1-2-9-3-5-19(6-4-9)11-7-12(13(14,15)16)18-8-10(11)17/h7-9H,2-6,17H2,1H3. The van der Waals surface area contributed by atoms with E-state index in [1.54, 1.807) is 0 Å². The first-order valence-electron chi connectivity index (χ1n) is 6.49. The number of anilines is 2. The molecule has 1 aliphatic heterocycles. The molecule has 0 aliphatic carbocycles. The number of hydrogen-bond donors (Lipinski definition) is 1. The highest BCUT2D eigenvalue weighted by Crippen LogP contribution is 2.34. The molecule has 2 rings (SSSR count). The SMILES string of the molecule is CCC1CCN(c2cc(C(F)(F)F)ncc2N)CC1. The number of aromatic nitrogens is 1. The minimum Gasteiger partial charge on any atom is -0.396 e. The number of piperidine rings is 1. The summed E-state index contributed by atoms with van der Waals surface area (Å²) < 4.78 is 38.0. The van der Waals surface area contributed by atoms with E-state index in [0.717, 1.165) is 44.6 Å². The van der Waals surface area contributed by atoms with E-state index in [1.807, 2.05) is 4.90 Å². The number of hydrogen-bond acceptors (Lipinski definition) is 3. The van der Waals surface area contributed by atoms with Crippen molar-refractivity contribution in [2.75, 3.05) is 23.7 Å². The van der Waals surface area contributed by atoms with Crippen LogP contribution in [0.15, 0.2) is 12.3 Å². The summed E-state index contributed by atoms with van der Waals surface area (Å²) in [5.74, 6) is 0.668. The summed E-state index contributed by atoms with van der Waals surface area (Å²) in [5.41, 5.74) is 5.64. The lowest BCUT2D eigenvalue weighted by atomic mass is 9.94. The van der Waals surface area contributed by atoms with Crippen LogP contribution in [0.25, 0.3) is 0 Å². The third-order valence-corrected chi connectivity index (χ3v) is 3.73. The fourth-order valence-corrected chi connectivity index (χ4v) is 2.47. The molecule has 0 unspecified atom stereocenters. The zero-order valence-corrected chi connectivity index (χ0v) is 10.9. The Morgan fingerprint density at radius 1 is 1.37 bits per heavy atom. The van der Waals surface area contributed by atoms with Crippen LogP contribution in [0.1, 0.15) is 31.9 Å². The predicted molar refractivity (Wildman–Crippen MR) is 68.9 cm³/mol. The minimum absolute atomic E-state index is 0.308. The molecular weight excluding hydrogens is 255 g/mol. The molecule has 1 aromatic rings. The highest BCUT2D eigenvalue weighted by atomic mass is 19.4. The first kappa shape index (κ1) is 14.0. The van der Waals surface area contributed by atoms with Crippen molar-refractivity contribution in [2.45, 2.75) is 32.4 Å². The molecule has 1 aromatic heterocycles. The maximum absolute atomic E-state index is 12.7. The summed E-state index contributed by atoms with van der Waals surface area (Å²) in [5, 5.41) is 0. The monoisotopic (exact) mass is 273 g/mol. The molecule has 106 valence electrons. The molecule has 6 heteroatoms. The Morgan fingerprint density at radius 3 is 2.53 bits per heavy atom. The van der Waals surface area contributed by atoms with Crippen LogP contribution < -0.4 is 10.6 Å². The molecule has 1 aliphatic rings. The van der Waals surface area contributed by atoms with Gasteiger partial charge in [0.05, 0.1) is 17.6 Å². The third kappa shape index (κ3) is 3.11. The molecule has 0 saturated carbocycles. The molecule has 0 spiro atoms. The van der Waals surface area contributed by atoms with E-state index in [4.69, 9.17) is 5.73 Å². The van der Waals surface area contributed by atoms with Crippen molar-refractivity contribution in [2.24, 2.45) is 5.92 Å².